The maximum Gasteiger partial charge on any atom is 0.338 e. The Kier molecular flexibility index (Phi) is 5.24. The molecule has 2 aromatic rings. The van der Waals surface area contributed by atoms with Gasteiger partial charge in [-0.3, -0.25) is 10.1 Å². The number of ether oxygens (including phenoxy) is 4. The molecule has 0 fully saturated rings. The average molecular weight is 380 g/mol. The molecule has 0 atom stereocenters. The van der Waals surface area contributed by atoms with Crippen molar-refractivity contribution in [2.45, 2.75) is 13.2 Å². The zero-order chi connectivity index (χ0) is 18.7. The lowest BCUT2D eigenvalue weighted by Crippen LogP contribution is -2.14. The number of nitro groups is 1. The van der Waals surface area contributed by atoms with E-state index in [0.717, 1.165) is 11.6 Å². The number of carbonyl (C=O) groups is 1. The van der Waals surface area contributed by atoms with Gasteiger partial charge in [0.2, 0.25) is 0 Å². The first-order chi connectivity index (χ1) is 12.5. The normalized spacial score (nSPS) is 12.7. The van der Waals surface area contributed by atoms with Crippen molar-refractivity contribution < 1.29 is 28.7 Å². The van der Waals surface area contributed by atoms with Crippen molar-refractivity contribution in [3.8, 4) is 11.5 Å². The number of benzene rings is 2. The minimum Gasteiger partial charge on any atom is -0.490 e. The Labute approximate surface area is 153 Å². The van der Waals surface area contributed by atoms with Crippen molar-refractivity contribution in [3.63, 3.8) is 0 Å². The van der Waals surface area contributed by atoms with Gasteiger partial charge in [-0.1, -0.05) is 11.6 Å². The van der Waals surface area contributed by atoms with E-state index in [1.54, 1.807) is 12.1 Å². The van der Waals surface area contributed by atoms with Gasteiger partial charge < -0.3 is 18.9 Å². The Morgan fingerprint density at radius 1 is 1.35 bits per heavy atom. The number of halogens is 1. The van der Waals surface area contributed by atoms with Crippen molar-refractivity contribution in [2.75, 3.05) is 13.9 Å². The molecule has 1 heterocycles. The van der Waals surface area contributed by atoms with Gasteiger partial charge >= 0.3 is 11.7 Å². The van der Waals surface area contributed by atoms with Crippen LogP contribution in [0.15, 0.2) is 30.3 Å². The lowest BCUT2D eigenvalue weighted by molar-refractivity contribution is -0.385. The summed E-state index contributed by atoms with van der Waals surface area (Å²) in [7, 11) is 1.31. The van der Waals surface area contributed by atoms with E-state index in [4.69, 9.17) is 30.5 Å². The molecule has 0 bridgehead atoms. The van der Waals surface area contributed by atoms with E-state index >= 15 is 0 Å². The van der Waals surface area contributed by atoms with Gasteiger partial charge in [0.25, 0.3) is 0 Å². The van der Waals surface area contributed by atoms with E-state index in [2.05, 4.69) is 0 Å². The van der Waals surface area contributed by atoms with Gasteiger partial charge in [0.15, 0.2) is 12.5 Å². The summed E-state index contributed by atoms with van der Waals surface area (Å²) in [5.41, 5.74) is 1.07. The number of carbonyl (C=O) groups excluding carboxylic acids is 1. The molecule has 1 aliphatic heterocycles. The Balaban J connectivity index is 1.79. The van der Waals surface area contributed by atoms with Crippen molar-refractivity contribution >= 4 is 23.3 Å². The molecule has 136 valence electrons. The quantitative estimate of drug-likeness (QED) is 0.445. The molecule has 9 heteroatoms. The summed E-state index contributed by atoms with van der Waals surface area (Å²) < 4.78 is 20.8. The highest BCUT2D eigenvalue weighted by atomic mass is 35.5. The minimum absolute atomic E-state index is 0.0395. The van der Waals surface area contributed by atoms with Crippen molar-refractivity contribution in [3.05, 3.63) is 62.2 Å². The second-order valence-electron chi connectivity index (χ2n) is 5.38. The number of nitrogens with zero attached hydrogens (tertiary/aromatic N) is 1. The van der Waals surface area contributed by atoms with E-state index in [1.165, 1.54) is 19.2 Å². The van der Waals surface area contributed by atoms with Crippen LogP contribution in [0.3, 0.4) is 0 Å². The lowest BCUT2D eigenvalue weighted by atomic mass is 10.1. The predicted molar refractivity (Wildman–Crippen MR) is 90.5 cm³/mol. The SMILES string of the molecule is COc1ccc(C(=O)OCc2cc(Cl)cc3c2OCOC3)cc1[N+](=O)[O-]. The summed E-state index contributed by atoms with van der Waals surface area (Å²) in [6, 6.07) is 7.20. The van der Waals surface area contributed by atoms with Gasteiger partial charge in [0.1, 0.15) is 12.4 Å². The minimum atomic E-state index is -0.712. The summed E-state index contributed by atoms with van der Waals surface area (Å²) in [6.07, 6.45) is 0. The number of hydrogen-bond acceptors (Lipinski definition) is 7. The van der Waals surface area contributed by atoms with Crippen molar-refractivity contribution in [1.29, 1.82) is 0 Å². The standard InChI is InChI=1S/C17H14ClNO7/c1-23-15-3-2-10(6-14(15)19(21)22)17(20)25-8-12-5-13(18)4-11-7-24-9-26-16(11)12/h2-6H,7-9H2,1H3. The smallest absolute Gasteiger partial charge is 0.338 e. The summed E-state index contributed by atoms with van der Waals surface area (Å²) in [6.45, 7) is 0.351. The van der Waals surface area contributed by atoms with Gasteiger partial charge in [-0.15, -0.1) is 0 Å². The van der Waals surface area contributed by atoms with Gasteiger partial charge in [-0.2, -0.15) is 0 Å². The van der Waals surface area contributed by atoms with E-state index in [0.29, 0.717) is 22.9 Å². The van der Waals surface area contributed by atoms with Gasteiger partial charge in [-0.05, 0) is 24.3 Å². The summed E-state index contributed by atoms with van der Waals surface area (Å²) in [4.78, 5) is 22.7. The number of fused-ring (bicyclic) bond motifs is 1. The van der Waals surface area contributed by atoms with Gasteiger partial charge in [0.05, 0.1) is 24.2 Å². The molecule has 0 N–H and O–H groups in total. The molecule has 0 amide bonds. The third-order valence-electron chi connectivity index (χ3n) is 3.72. The summed E-state index contributed by atoms with van der Waals surface area (Å²) in [5.74, 6) is -0.0884. The third kappa shape index (κ3) is 3.71. The number of hydrogen-bond donors (Lipinski definition) is 0. The van der Waals surface area contributed by atoms with Crippen molar-refractivity contribution in [2.24, 2.45) is 0 Å². The zero-order valence-electron chi connectivity index (χ0n) is 13.7. The topological polar surface area (TPSA) is 97.1 Å². The molecule has 0 saturated heterocycles. The molecule has 0 saturated carbocycles. The fourth-order valence-electron chi connectivity index (χ4n) is 2.55. The Morgan fingerprint density at radius 2 is 2.15 bits per heavy atom. The first-order valence-corrected chi connectivity index (χ1v) is 7.88. The van der Waals surface area contributed by atoms with Crippen LogP contribution < -0.4 is 9.47 Å². The van der Waals surface area contributed by atoms with Gasteiger partial charge in [0, 0.05) is 22.2 Å². The summed E-state index contributed by atoms with van der Waals surface area (Å²) in [5, 5.41) is 11.5. The molecular weight excluding hydrogens is 366 g/mol. The van der Waals surface area contributed by atoms with Crippen LogP contribution in [0, 0.1) is 10.1 Å². The molecule has 3 rings (SSSR count). The van der Waals surface area contributed by atoms with Crippen molar-refractivity contribution in [1.82, 2.24) is 0 Å². The van der Waals surface area contributed by atoms with Crippen LogP contribution in [-0.4, -0.2) is 24.8 Å². The van der Waals surface area contributed by atoms with E-state index < -0.39 is 10.9 Å². The van der Waals surface area contributed by atoms with Crippen LogP contribution in [0.4, 0.5) is 5.69 Å². The number of methoxy groups -OCH3 is 1. The van der Waals surface area contributed by atoms with Crippen LogP contribution in [0.1, 0.15) is 21.5 Å². The number of esters is 1. The van der Waals surface area contributed by atoms with Gasteiger partial charge in [-0.25, -0.2) is 4.79 Å². The molecule has 0 spiro atoms. The molecule has 0 aromatic heterocycles. The molecule has 0 aliphatic carbocycles. The average Bonchev–Trinajstić information content (AvgIpc) is 2.65. The largest absolute Gasteiger partial charge is 0.490 e. The molecule has 0 unspecified atom stereocenters. The fraction of sp³-hybridized carbons (Fsp3) is 0.235. The van der Waals surface area contributed by atoms with E-state index in [9.17, 15) is 14.9 Å². The third-order valence-corrected chi connectivity index (χ3v) is 3.94. The van der Waals surface area contributed by atoms with Crippen LogP contribution in [-0.2, 0) is 22.7 Å². The Morgan fingerprint density at radius 3 is 2.88 bits per heavy atom. The molecule has 26 heavy (non-hydrogen) atoms. The number of rotatable bonds is 5. The van der Waals surface area contributed by atoms with E-state index in [-0.39, 0.29) is 30.4 Å². The highest BCUT2D eigenvalue weighted by Crippen LogP contribution is 2.32. The highest BCUT2D eigenvalue weighted by Gasteiger charge is 2.21. The Hall–Kier alpha value is -2.84. The maximum atomic E-state index is 12.3. The molecular formula is C17H14ClNO7. The fourth-order valence-corrected chi connectivity index (χ4v) is 2.81. The molecule has 2 aromatic carbocycles. The van der Waals surface area contributed by atoms with Crippen LogP contribution >= 0.6 is 11.6 Å². The second kappa shape index (κ2) is 7.59. The molecule has 8 nitrogen and oxygen atoms in total. The first-order valence-electron chi connectivity index (χ1n) is 7.51. The summed E-state index contributed by atoms with van der Waals surface area (Å²) >= 11 is 6.06. The predicted octanol–water partition coefficient (Wildman–Crippen LogP) is 3.48. The monoisotopic (exact) mass is 379 g/mol. The first kappa shape index (κ1) is 18.0. The Bertz CT molecular complexity index is 868. The highest BCUT2D eigenvalue weighted by molar-refractivity contribution is 6.30. The maximum absolute atomic E-state index is 12.3. The second-order valence-corrected chi connectivity index (χ2v) is 5.82. The molecule has 0 radical (unpaired) electrons. The van der Waals surface area contributed by atoms with Crippen LogP contribution in [0.25, 0.3) is 0 Å². The zero-order valence-corrected chi connectivity index (χ0v) is 14.4. The van der Waals surface area contributed by atoms with E-state index in [1.807, 2.05) is 0 Å². The van der Waals surface area contributed by atoms with Crippen LogP contribution in [0.2, 0.25) is 5.02 Å². The number of nitro benzene ring substituents is 1. The van der Waals surface area contributed by atoms with Crippen LogP contribution in [0.5, 0.6) is 11.5 Å². The molecule has 1 aliphatic rings. The lowest BCUT2D eigenvalue weighted by Gasteiger charge is -2.21.